The Morgan fingerprint density at radius 2 is 2.28 bits per heavy atom. The van der Waals surface area contributed by atoms with E-state index in [0.29, 0.717) is 6.04 Å². The molecule has 2 heterocycles. The Kier molecular flexibility index (Phi) is 4.49. The Morgan fingerprint density at radius 3 is 2.89 bits per heavy atom. The van der Waals surface area contributed by atoms with Gasteiger partial charge in [-0.25, -0.2) is 4.98 Å². The average molecular weight is 264 g/mol. The second-order valence-corrected chi connectivity index (χ2v) is 5.49. The fourth-order valence-electron chi connectivity index (χ4n) is 2.04. The number of aryl methyl sites for hydroxylation is 3. The van der Waals surface area contributed by atoms with Gasteiger partial charge in [0.1, 0.15) is 0 Å². The van der Waals surface area contributed by atoms with E-state index in [2.05, 4.69) is 41.3 Å². The second kappa shape index (κ2) is 6.11. The molecule has 0 spiro atoms. The highest BCUT2D eigenvalue weighted by Gasteiger charge is 2.09. The fraction of sp³-hybridized carbons (Fsp3) is 0.538. The van der Waals surface area contributed by atoms with Crippen LogP contribution in [0.5, 0.6) is 0 Å². The van der Waals surface area contributed by atoms with Crippen molar-refractivity contribution >= 4 is 11.3 Å². The predicted molar refractivity (Wildman–Crippen MR) is 74.9 cm³/mol. The number of H-pyrrole nitrogens is 1. The lowest BCUT2D eigenvalue weighted by Crippen LogP contribution is -2.20. The van der Waals surface area contributed by atoms with E-state index in [1.807, 2.05) is 11.7 Å². The minimum absolute atomic E-state index is 0.392. The van der Waals surface area contributed by atoms with Crippen LogP contribution >= 0.6 is 11.3 Å². The fourth-order valence-corrected chi connectivity index (χ4v) is 2.88. The monoisotopic (exact) mass is 264 g/mol. The highest BCUT2D eigenvalue weighted by atomic mass is 32.1. The van der Waals surface area contributed by atoms with Crippen LogP contribution in [0.3, 0.4) is 0 Å². The molecule has 2 rings (SSSR count). The van der Waals surface area contributed by atoms with Crippen molar-refractivity contribution in [2.45, 2.75) is 39.7 Å². The van der Waals surface area contributed by atoms with Gasteiger partial charge in [0.05, 0.1) is 17.4 Å². The van der Waals surface area contributed by atoms with Crippen molar-refractivity contribution in [3.63, 3.8) is 0 Å². The number of nitrogens with one attached hydrogen (secondary N) is 2. The number of hydrogen-bond acceptors (Lipinski definition) is 4. The molecule has 1 unspecified atom stereocenters. The van der Waals surface area contributed by atoms with Crippen LogP contribution in [-0.2, 0) is 6.42 Å². The third-order valence-electron chi connectivity index (χ3n) is 3.18. The summed E-state index contributed by atoms with van der Waals surface area (Å²) in [5.41, 5.74) is 5.56. The average Bonchev–Trinajstić information content (AvgIpc) is 2.94. The quantitative estimate of drug-likeness (QED) is 0.789. The van der Waals surface area contributed by atoms with Crippen molar-refractivity contribution in [1.82, 2.24) is 20.5 Å². The molecule has 0 aromatic carbocycles. The van der Waals surface area contributed by atoms with Crippen molar-refractivity contribution in [1.29, 1.82) is 0 Å². The van der Waals surface area contributed by atoms with Crippen LogP contribution in [0.4, 0.5) is 0 Å². The summed E-state index contributed by atoms with van der Waals surface area (Å²) in [6.45, 7) is 7.35. The molecule has 18 heavy (non-hydrogen) atoms. The maximum atomic E-state index is 4.28. The number of rotatable bonds is 6. The molecule has 0 bridgehead atoms. The van der Waals surface area contributed by atoms with Crippen LogP contribution in [-0.4, -0.2) is 21.7 Å². The van der Waals surface area contributed by atoms with Gasteiger partial charge >= 0.3 is 0 Å². The minimum Gasteiger partial charge on any atom is -0.309 e. The number of aromatic amines is 1. The van der Waals surface area contributed by atoms with Gasteiger partial charge in [-0.1, -0.05) is 0 Å². The van der Waals surface area contributed by atoms with Gasteiger partial charge in [0.25, 0.3) is 0 Å². The number of aromatic nitrogens is 3. The largest absolute Gasteiger partial charge is 0.309 e. The molecule has 0 radical (unpaired) electrons. The third kappa shape index (κ3) is 3.17. The van der Waals surface area contributed by atoms with Gasteiger partial charge in [-0.15, -0.1) is 11.3 Å². The molecule has 2 aromatic rings. The normalized spacial score (nSPS) is 12.8. The van der Waals surface area contributed by atoms with E-state index in [4.69, 9.17) is 0 Å². The van der Waals surface area contributed by atoms with Crippen molar-refractivity contribution < 1.29 is 0 Å². The number of thiazole rings is 1. The summed E-state index contributed by atoms with van der Waals surface area (Å²) in [6, 6.07) is 0.392. The first-order valence-corrected chi connectivity index (χ1v) is 7.18. The second-order valence-electron chi connectivity index (χ2n) is 4.60. The SMILES string of the molecule is Cc1ncsc1C(C)NCCCc1cn[nH]c1C. The van der Waals surface area contributed by atoms with Crippen LogP contribution in [0.1, 0.15) is 41.2 Å². The molecule has 4 nitrogen and oxygen atoms in total. The molecular formula is C13H20N4S. The van der Waals surface area contributed by atoms with Gasteiger partial charge in [-0.2, -0.15) is 5.10 Å². The molecule has 0 aliphatic rings. The van der Waals surface area contributed by atoms with Crippen LogP contribution in [0.2, 0.25) is 0 Å². The molecule has 2 N–H and O–H groups in total. The third-order valence-corrected chi connectivity index (χ3v) is 4.30. The summed E-state index contributed by atoms with van der Waals surface area (Å²) in [5, 5.41) is 10.6. The van der Waals surface area contributed by atoms with Gasteiger partial charge < -0.3 is 5.32 Å². The van der Waals surface area contributed by atoms with Gasteiger partial charge in [-0.05, 0) is 45.7 Å². The van der Waals surface area contributed by atoms with Crippen molar-refractivity contribution in [3.05, 3.63) is 33.5 Å². The minimum atomic E-state index is 0.392. The van der Waals surface area contributed by atoms with Crippen LogP contribution < -0.4 is 5.32 Å². The van der Waals surface area contributed by atoms with E-state index in [9.17, 15) is 0 Å². The number of nitrogens with zero attached hydrogens (tertiary/aromatic N) is 2. The summed E-state index contributed by atoms with van der Waals surface area (Å²) >= 11 is 1.73. The van der Waals surface area contributed by atoms with E-state index >= 15 is 0 Å². The molecule has 2 aromatic heterocycles. The molecule has 1 atom stereocenters. The smallest absolute Gasteiger partial charge is 0.0798 e. The lowest BCUT2D eigenvalue weighted by molar-refractivity contribution is 0.562. The van der Waals surface area contributed by atoms with E-state index < -0.39 is 0 Å². The Bertz CT molecular complexity index is 489. The van der Waals surface area contributed by atoms with Crippen LogP contribution in [0, 0.1) is 13.8 Å². The van der Waals surface area contributed by atoms with Gasteiger partial charge in [0.2, 0.25) is 0 Å². The Labute approximate surface area is 112 Å². The van der Waals surface area contributed by atoms with Crippen LogP contribution in [0.15, 0.2) is 11.7 Å². The first kappa shape index (κ1) is 13.2. The molecule has 98 valence electrons. The Morgan fingerprint density at radius 1 is 1.44 bits per heavy atom. The maximum Gasteiger partial charge on any atom is 0.0798 e. The summed E-state index contributed by atoms with van der Waals surface area (Å²) in [5.74, 6) is 0. The highest BCUT2D eigenvalue weighted by molar-refractivity contribution is 7.09. The van der Waals surface area contributed by atoms with Gasteiger partial charge in [0.15, 0.2) is 0 Å². The maximum absolute atomic E-state index is 4.28. The molecular weight excluding hydrogens is 244 g/mol. The summed E-state index contributed by atoms with van der Waals surface area (Å²) in [6.07, 6.45) is 4.12. The molecule has 0 aliphatic heterocycles. The molecule has 0 saturated heterocycles. The summed E-state index contributed by atoms with van der Waals surface area (Å²) in [7, 11) is 0. The highest BCUT2D eigenvalue weighted by Crippen LogP contribution is 2.20. The van der Waals surface area contributed by atoms with E-state index in [1.165, 1.54) is 16.1 Å². The standard InChI is InChI=1S/C13H20N4S/c1-9-12(7-16-17-9)5-4-6-14-10(2)13-11(3)15-8-18-13/h7-8,10,14H,4-6H2,1-3H3,(H,16,17). The van der Waals surface area contributed by atoms with Crippen molar-refractivity contribution in [3.8, 4) is 0 Å². The van der Waals surface area contributed by atoms with Crippen LogP contribution in [0.25, 0.3) is 0 Å². The van der Waals surface area contributed by atoms with E-state index in [0.717, 1.165) is 25.1 Å². The number of hydrogen-bond donors (Lipinski definition) is 2. The summed E-state index contributed by atoms with van der Waals surface area (Å²) in [4.78, 5) is 5.63. The van der Waals surface area contributed by atoms with Crippen molar-refractivity contribution in [2.24, 2.45) is 0 Å². The first-order chi connectivity index (χ1) is 8.68. The lowest BCUT2D eigenvalue weighted by atomic mass is 10.1. The lowest BCUT2D eigenvalue weighted by Gasteiger charge is -2.12. The zero-order chi connectivity index (χ0) is 13.0. The molecule has 0 fully saturated rings. The molecule has 0 aliphatic carbocycles. The molecule has 0 saturated carbocycles. The molecule has 5 heteroatoms. The first-order valence-electron chi connectivity index (χ1n) is 6.30. The Balaban J connectivity index is 1.73. The predicted octanol–water partition coefficient (Wildman–Crippen LogP) is 2.77. The van der Waals surface area contributed by atoms with E-state index in [1.54, 1.807) is 11.3 Å². The Hall–Kier alpha value is -1.20. The zero-order valence-corrected chi connectivity index (χ0v) is 12.0. The summed E-state index contributed by atoms with van der Waals surface area (Å²) < 4.78 is 0. The zero-order valence-electron chi connectivity index (χ0n) is 11.2. The van der Waals surface area contributed by atoms with E-state index in [-0.39, 0.29) is 0 Å². The van der Waals surface area contributed by atoms with Crippen molar-refractivity contribution in [2.75, 3.05) is 6.54 Å². The van der Waals surface area contributed by atoms with Gasteiger partial charge in [0, 0.05) is 16.6 Å². The topological polar surface area (TPSA) is 53.6 Å². The van der Waals surface area contributed by atoms with Gasteiger partial charge in [-0.3, -0.25) is 5.10 Å². The molecule has 0 amide bonds.